The number of hydrogen-bond acceptors (Lipinski definition) is 7. The van der Waals surface area contributed by atoms with Crippen molar-refractivity contribution in [1.82, 2.24) is 19.4 Å². The summed E-state index contributed by atoms with van der Waals surface area (Å²) >= 11 is 0. The first kappa shape index (κ1) is 24.0. The quantitative estimate of drug-likeness (QED) is 0.551. The maximum Gasteiger partial charge on any atom is 0.410 e. The summed E-state index contributed by atoms with van der Waals surface area (Å²) in [6.07, 6.45) is 4.03. The van der Waals surface area contributed by atoms with Crippen LogP contribution in [-0.4, -0.2) is 65.0 Å². The van der Waals surface area contributed by atoms with Crippen molar-refractivity contribution in [2.24, 2.45) is 0 Å². The zero-order chi connectivity index (χ0) is 24.7. The fourth-order valence-corrected chi connectivity index (χ4v) is 4.57. The van der Waals surface area contributed by atoms with Crippen molar-refractivity contribution in [2.75, 3.05) is 19.3 Å². The van der Waals surface area contributed by atoms with Crippen molar-refractivity contribution in [3.05, 3.63) is 42.4 Å². The zero-order valence-corrected chi connectivity index (χ0v) is 20.9. The number of sulfone groups is 1. The Morgan fingerprint density at radius 1 is 1.09 bits per heavy atom. The summed E-state index contributed by atoms with van der Waals surface area (Å²) in [6, 6.07) is 8.66. The van der Waals surface area contributed by atoms with Gasteiger partial charge in [-0.15, -0.1) is 0 Å². The van der Waals surface area contributed by atoms with Crippen molar-refractivity contribution in [3.63, 3.8) is 0 Å². The van der Waals surface area contributed by atoms with Crippen LogP contribution in [0.4, 0.5) is 4.79 Å². The van der Waals surface area contributed by atoms with E-state index in [4.69, 9.17) is 9.47 Å². The predicted molar refractivity (Wildman–Crippen MR) is 128 cm³/mol. The average molecular weight is 487 g/mol. The second-order valence-corrected chi connectivity index (χ2v) is 11.6. The Kier molecular flexibility index (Phi) is 6.28. The number of hydrogen-bond donors (Lipinski definition) is 0. The molecule has 0 aliphatic carbocycles. The third-order valence-corrected chi connectivity index (χ3v) is 6.63. The molecule has 0 saturated carbocycles. The Hall–Kier alpha value is -3.14. The largest absolute Gasteiger partial charge is 0.474 e. The smallest absolute Gasteiger partial charge is 0.410 e. The first-order valence-corrected chi connectivity index (χ1v) is 13.1. The monoisotopic (exact) mass is 486 g/mol. The lowest BCUT2D eigenvalue weighted by Gasteiger charge is -2.33. The number of benzene rings is 1. The van der Waals surface area contributed by atoms with Crippen LogP contribution in [-0.2, 0) is 14.6 Å². The van der Waals surface area contributed by atoms with Crippen LogP contribution in [0, 0.1) is 6.92 Å². The lowest BCUT2D eigenvalue weighted by molar-refractivity contribution is 0.0123. The molecule has 0 unspecified atom stereocenters. The third-order valence-electron chi connectivity index (χ3n) is 5.52. The van der Waals surface area contributed by atoms with Crippen LogP contribution >= 0.6 is 0 Å². The standard InChI is InChI=1S/C24H30N4O5S/c1-16-25-21(28-13-8-17-14-19(34(5,30)31)6-7-20(17)28)15-22(26-16)32-18-9-11-27(12-10-18)23(29)33-24(2,3)4/h6-8,13-15,18H,9-12H2,1-5H3. The number of carbonyl (C=O) groups is 1. The molecule has 1 amide bonds. The number of aryl methyl sites for hydroxylation is 1. The first-order valence-electron chi connectivity index (χ1n) is 11.2. The number of rotatable bonds is 4. The van der Waals surface area contributed by atoms with E-state index in [2.05, 4.69) is 9.97 Å². The van der Waals surface area contributed by atoms with Gasteiger partial charge < -0.3 is 18.9 Å². The maximum absolute atomic E-state index is 12.3. The molecule has 1 aliphatic rings. The van der Waals surface area contributed by atoms with Crippen LogP contribution in [0.1, 0.15) is 39.4 Å². The molecule has 1 aromatic carbocycles. The molecule has 34 heavy (non-hydrogen) atoms. The second kappa shape index (κ2) is 8.90. The van der Waals surface area contributed by atoms with Crippen molar-refractivity contribution in [1.29, 1.82) is 0 Å². The normalized spacial score (nSPS) is 15.5. The van der Waals surface area contributed by atoms with Gasteiger partial charge in [-0.1, -0.05) is 0 Å². The molecule has 0 bridgehead atoms. The molecule has 2 aromatic heterocycles. The van der Waals surface area contributed by atoms with E-state index in [0.717, 1.165) is 10.9 Å². The second-order valence-electron chi connectivity index (χ2n) is 9.57. The van der Waals surface area contributed by atoms with Crippen molar-refractivity contribution in [3.8, 4) is 11.7 Å². The summed E-state index contributed by atoms with van der Waals surface area (Å²) in [5, 5.41) is 0.802. The molecule has 0 N–H and O–H groups in total. The topological polar surface area (TPSA) is 104 Å². The fraction of sp³-hybridized carbons (Fsp3) is 0.458. The van der Waals surface area contributed by atoms with Gasteiger partial charge in [0, 0.05) is 49.8 Å². The SMILES string of the molecule is Cc1nc(OC2CCN(C(=O)OC(C)(C)C)CC2)cc(-n2ccc3cc(S(C)(=O)=O)ccc32)n1. The van der Waals surface area contributed by atoms with E-state index in [1.807, 2.05) is 37.6 Å². The van der Waals surface area contributed by atoms with Crippen molar-refractivity contribution < 1.29 is 22.7 Å². The van der Waals surface area contributed by atoms with E-state index < -0.39 is 15.4 Å². The number of aromatic nitrogens is 3. The van der Waals surface area contributed by atoms with Gasteiger partial charge >= 0.3 is 6.09 Å². The van der Waals surface area contributed by atoms with Gasteiger partial charge in [0.1, 0.15) is 23.3 Å². The zero-order valence-electron chi connectivity index (χ0n) is 20.1. The van der Waals surface area contributed by atoms with Crippen LogP contribution < -0.4 is 4.74 Å². The number of amides is 1. The van der Waals surface area contributed by atoms with E-state index >= 15 is 0 Å². The van der Waals surface area contributed by atoms with E-state index in [1.165, 1.54) is 6.26 Å². The van der Waals surface area contributed by atoms with Crippen molar-refractivity contribution in [2.45, 2.75) is 57.1 Å². The molecule has 4 rings (SSSR count). The van der Waals surface area contributed by atoms with E-state index in [0.29, 0.717) is 43.5 Å². The van der Waals surface area contributed by atoms with Gasteiger partial charge in [0.2, 0.25) is 5.88 Å². The minimum atomic E-state index is -3.29. The van der Waals surface area contributed by atoms with E-state index in [1.54, 1.807) is 36.1 Å². The van der Waals surface area contributed by atoms with Gasteiger partial charge in [-0.05, 0) is 52.0 Å². The number of nitrogens with zero attached hydrogens (tertiary/aromatic N) is 4. The fourth-order valence-electron chi connectivity index (χ4n) is 3.91. The molecule has 1 saturated heterocycles. The molecule has 182 valence electrons. The number of ether oxygens (including phenoxy) is 2. The molecule has 1 aliphatic heterocycles. The minimum Gasteiger partial charge on any atom is -0.474 e. The molecule has 0 radical (unpaired) electrons. The Labute approximate surface area is 199 Å². The van der Waals surface area contributed by atoms with E-state index in [-0.39, 0.29) is 17.1 Å². The summed E-state index contributed by atoms with van der Waals surface area (Å²) in [5.41, 5.74) is 0.316. The number of carbonyl (C=O) groups excluding carboxylic acids is 1. The molecular formula is C24H30N4O5S. The third kappa shape index (κ3) is 5.49. The molecular weight excluding hydrogens is 456 g/mol. The lowest BCUT2D eigenvalue weighted by Crippen LogP contribution is -2.44. The highest BCUT2D eigenvalue weighted by Gasteiger charge is 2.28. The van der Waals surface area contributed by atoms with Crippen LogP contribution in [0.5, 0.6) is 5.88 Å². The summed E-state index contributed by atoms with van der Waals surface area (Å²) in [5.74, 6) is 1.66. The molecule has 0 spiro atoms. The number of fused-ring (bicyclic) bond motifs is 1. The van der Waals surface area contributed by atoms with Gasteiger partial charge in [0.05, 0.1) is 10.4 Å². The molecule has 3 heterocycles. The Bertz CT molecular complexity index is 1320. The van der Waals surface area contributed by atoms with Crippen LogP contribution in [0.15, 0.2) is 41.4 Å². The number of piperidine rings is 1. The molecule has 1 fully saturated rings. The summed E-state index contributed by atoms with van der Waals surface area (Å²) in [4.78, 5) is 23.3. The van der Waals surface area contributed by atoms with Crippen LogP contribution in [0.3, 0.4) is 0 Å². The molecule has 0 atom stereocenters. The van der Waals surface area contributed by atoms with Gasteiger partial charge in [-0.25, -0.2) is 18.2 Å². The van der Waals surface area contributed by atoms with Crippen molar-refractivity contribution >= 4 is 26.8 Å². The molecule has 3 aromatic rings. The van der Waals surface area contributed by atoms with Gasteiger partial charge in [-0.3, -0.25) is 0 Å². The highest BCUT2D eigenvalue weighted by atomic mass is 32.2. The Balaban J connectivity index is 1.49. The highest BCUT2D eigenvalue weighted by molar-refractivity contribution is 7.90. The summed E-state index contributed by atoms with van der Waals surface area (Å²) in [7, 11) is -3.29. The average Bonchev–Trinajstić information content (AvgIpc) is 3.15. The van der Waals surface area contributed by atoms with Crippen LogP contribution in [0.2, 0.25) is 0 Å². The van der Waals surface area contributed by atoms with Gasteiger partial charge in [0.25, 0.3) is 0 Å². The Morgan fingerprint density at radius 2 is 1.79 bits per heavy atom. The molecule has 9 nitrogen and oxygen atoms in total. The molecule has 10 heteroatoms. The van der Waals surface area contributed by atoms with Crippen LogP contribution in [0.25, 0.3) is 16.7 Å². The summed E-state index contributed by atoms with van der Waals surface area (Å²) in [6.45, 7) is 8.48. The predicted octanol–water partition coefficient (Wildman–Crippen LogP) is 3.91. The van der Waals surface area contributed by atoms with Gasteiger partial charge in [0.15, 0.2) is 9.84 Å². The first-order chi connectivity index (χ1) is 15.9. The van der Waals surface area contributed by atoms with Gasteiger partial charge in [-0.2, -0.15) is 4.98 Å². The highest BCUT2D eigenvalue weighted by Crippen LogP contribution is 2.25. The number of likely N-dealkylation sites (tertiary alicyclic amines) is 1. The van der Waals surface area contributed by atoms with E-state index in [9.17, 15) is 13.2 Å². The minimum absolute atomic E-state index is 0.0698. The summed E-state index contributed by atoms with van der Waals surface area (Å²) < 4.78 is 37.2. The maximum atomic E-state index is 12.3. The Morgan fingerprint density at radius 3 is 2.44 bits per heavy atom. The lowest BCUT2D eigenvalue weighted by atomic mass is 10.1.